The lowest BCUT2D eigenvalue weighted by molar-refractivity contribution is 1.28. The molecule has 0 spiro atoms. The highest BCUT2D eigenvalue weighted by Gasteiger charge is 2.16. The van der Waals surface area contributed by atoms with Crippen molar-refractivity contribution in [1.82, 2.24) is 0 Å². The SMILES string of the molecule is ClCC(Cl)(Cl)Cl.Clc1ccccc1Cl. The predicted octanol–water partition coefficient (Wildman–Crippen LogP) is 5.59. The molecule has 0 aliphatic rings. The molecular formula is C8H6Cl6. The van der Waals surface area contributed by atoms with E-state index in [-0.39, 0.29) is 5.88 Å². The Balaban J connectivity index is 0.000000255. The summed E-state index contributed by atoms with van der Waals surface area (Å²) in [6.45, 7) is 0. The van der Waals surface area contributed by atoms with Crippen molar-refractivity contribution < 1.29 is 0 Å². The summed E-state index contributed by atoms with van der Waals surface area (Å²) in [5.74, 6) is 0.0394. The average molecular weight is 315 g/mol. The molecule has 0 aliphatic carbocycles. The summed E-state index contributed by atoms with van der Waals surface area (Å²) in [4.78, 5) is 0. The lowest BCUT2D eigenvalue weighted by Crippen LogP contribution is -2.01. The van der Waals surface area contributed by atoms with Crippen LogP contribution in [0.1, 0.15) is 0 Å². The van der Waals surface area contributed by atoms with Crippen LogP contribution < -0.4 is 0 Å². The molecule has 0 fully saturated rings. The molecule has 0 nitrogen and oxygen atoms in total. The summed E-state index contributed by atoms with van der Waals surface area (Å²) in [6.07, 6.45) is 0. The number of alkyl halides is 4. The zero-order valence-corrected chi connectivity index (χ0v) is 11.3. The first-order valence-corrected chi connectivity index (χ1v) is 5.82. The number of rotatable bonds is 0. The molecule has 80 valence electrons. The Morgan fingerprint density at radius 1 is 0.929 bits per heavy atom. The van der Waals surface area contributed by atoms with Crippen LogP contribution in [0.4, 0.5) is 0 Å². The van der Waals surface area contributed by atoms with E-state index in [2.05, 4.69) is 0 Å². The number of hydrogen-bond acceptors (Lipinski definition) is 0. The van der Waals surface area contributed by atoms with E-state index in [1.54, 1.807) is 12.1 Å². The van der Waals surface area contributed by atoms with Gasteiger partial charge in [-0.2, -0.15) is 0 Å². The highest BCUT2D eigenvalue weighted by atomic mass is 35.6. The van der Waals surface area contributed by atoms with Gasteiger partial charge in [-0.3, -0.25) is 0 Å². The molecule has 0 unspecified atom stereocenters. The standard InChI is InChI=1S/C6H4Cl2.C2H2Cl4/c7-5-3-1-2-4-6(5)8;3-1-2(4,5)6/h1-4H;1H2. The zero-order chi connectivity index (χ0) is 11.2. The van der Waals surface area contributed by atoms with Crippen molar-refractivity contribution in [3.63, 3.8) is 0 Å². The van der Waals surface area contributed by atoms with Gasteiger partial charge >= 0.3 is 0 Å². The van der Waals surface area contributed by atoms with E-state index in [0.29, 0.717) is 10.0 Å². The average Bonchev–Trinajstić information content (AvgIpc) is 2.10. The molecule has 0 aromatic heterocycles. The first kappa shape index (κ1) is 15.0. The molecule has 6 heteroatoms. The molecule has 0 heterocycles. The third-order valence-electron chi connectivity index (χ3n) is 0.976. The van der Waals surface area contributed by atoms with E-state index < -0.39 is 3.79 Å². The van der Waals surface area contributed by atoms with Gasteiger partial charge in [-0.05, 0) is 12.1 Å². The molecule has 0 saturated heterocycles. The van der Waals surface area contributed by atoms with Gasteiger partial charge in [-0.15, -0.1) is 11.6 Å². The second kappa shape index (κ2) is 7.27. The Labute approximate surface area is 113 Å². The van der Waals surface area contributed by atoms with Crippen molar-refractivity contribution in [1.29, 1.82) is 0 Å². The van der Waals surface area contributed by atoms with Gasteiger partial charge < -0.3 is 0 Å². The topological polar surface area (TPSA) is 0 Å². The van der Waals surface area contributed by atoms with Crippen molar-refractivity contribution in [2.45, 2.75) is 3.79 Å². The largest absolute Gasteiger partial charge is 0.203 e. The van der Waals surface area contributed by atoms with Crippen LogP contribution in [0.3, 0.4) is 0 Å². The highest BCUT2D eigenvalue weighted by Crippen LogP contribution is 2.26. The lowest BCUT2D eigenvalue weighted by atomic mass is 10.4. The normalized spacial score (nSPS) is 10.4. The van der Waals surface area contributed by atoms with E-state index in [0.717, 1.165) is 0 Å². The van der Waals surface area contributed by atoms with Crippen LogP contribution in [0.5, 0.6) is 0 Å². The Kier molecular flexibility index (Phi) is 7.77. The van der Waals surface area contributed by atoms with E-state index >= 15 is 0 Å². The third kappa shape index (κ3) is 8.28. The van der Waals surface area contributed by atoms with Crippen molar-refractivity contribution in [2.24, 2.45) is 0 Å². The first-order valence-electron chi connectivity index (χ1n) is 3.39. The van der Waals surface area contributed by atoms with E-state index in [1.807, 2.05) is 12.1 Å². The Morgan fingerprint density at radius 2 is 1.21 bits per heavy atom. The van der Waals surface area contributed by atoms with Crippen LogP contribution in [0.2, 0.25) is 10.0 Å². The summed E-state index contributed by atoms with van der Waals surface area (Å²) in [5, 5.41) is 1.21. The lowest BCUT2D eigenvalue weighted by Gasteiger charge is -2.00. The summed E-state index contributed by atoms with van der Waals surface area (Å²) in [6, 6.07) is 7.19. The Morgan fingerprint density at radius 3 is 1.36 bits per heavy atom. The smallest absolute Gasteiger partial charge is 0.122 e. The molecule has 0 radical (unpaired) electrons. The molecule has 0 aliphatic heterocycles. The minimum Gasteiger partial charge on any atom is -0.122 e. The molecule has 1 rings (SSSR count). The summed E-state index contributed by atoms with van der Waals surface area (Å²) in [5.41, 5.74) is 0. The predicted molar refractivity (Wildman–Crippen MR) is 67.5 cm³/mol. The summed E-state index contributed by atoms with van der Waals surface area (Å²) in [7, 11) is 0. The van der Waals surface area contributed by atoms with Gasteiger partial charge in [0.25, 0.3) is 0 Å². The van der Waals surface area contributed by atoms with Gasteiger partial charge in [0, 0.05) is 0 Å². The molecule has 1 aromatic rings. The minimum absolute atomic E-state index is 0.0394. The fourth-order valence-electron chi connectivity index (χ4n) is 0.439. The zero-order valence-electron chi connectivity index (χ0n) is 6.78. The molecule has 0 amide bonds. The summed E-state index contributed by atoms with van der Waals surface area (Å²) >= 11 is 31.6. The van der Waals surface area contributed by atoms with Crippen molar-refractivity contribution >= 4 is 69.6 Å². The molecule has 1 aromatic carbocycles. The molecule has 0 atom stereocenters. The van der Waals surface area contributed by atoms with Crippen molar-refractivity contribution in [2.75, 3.05) is 5.88 Å². The van der Waals surface area contributed by atoms with Crippen molar-refractivity contribution in [3.8, 4) is 0 Å². The number of benzene rings is 1. The second-order valence-electron chi connectivity index (χ2n) is 2.16. The maximum atomic E-state index is 5.58. The maximum Gasteiger partial charge on any atom is 0.203 e. The van der Waals surface area contributed by atoms with Crippen LogP contribution in [0, 0.1) is 0 Å². The van der Waals surface area contributed by atoms with Crippen LogP contribution in [-0.4, -0.2) is 9.67 Å². The van der Waals surface area contributed by atoms with Gasteiger partial charge in [0.05, 0.1) is 15.9 Å². The summed E-state index contributed by atoms with van der Waals surface area (Å²) < 4.78 is -1.28. The fraction of sp³-hybridized carbons (Fsp3) is 0.250. The van der Waals surface area contributed by atoms with Crippen LogP contribution in [0.25, 0.3) is 0 Å². The van der Waals surface area contributed by atoms with Crippen molar-refractivity contribution in [3.05, 3.63) is 34.3 Å². The van der Waals surface area contributed by atoms with Gasteiger partial charge in [-0.25, -0.2) is 0 Å². The highest BCUT2D eigenvalue weighted by molar-refractivity contribution is 6.69. The monoisotopic (exact) mass is 312 g/mol. The number of halogens is 6. The van der Waals surface area contributed by atoms with Crippen LogP contribution in [0.15, 0.2) is 24.3 Å². The molecule has 0 bridgehead atoms. The molecule has 0 N–H and O–H groups in total. The van der Waals surface area contributed by atoms with Gasteiger partial charge in [0.1, 0.15) is 0 Å². The minimum atomic E-state index is -1.28. The van der Waals surface area contributed by atoms with Crippen LogP contribution >= 0.6 is 69.6 Å². The Hall–Kier alpha value is 0.960. The molecular weight excluding hydrogens is 309 g/mol. The fourth-order valence-corrected chi connectivity index (χ4v) is 0.711. The maximum absolute atomic E-state index is 5.58. The second-order valence-corrected chi connectivity index (χ2v) is 5.76. The Bertz CT molecular complexity index is 246. The van der Waals surface area contributed by atoms with Gasteiger partial charge in [0.15, 0.2) is 0 Å². The van der Waals surface area contributed by atoms with E-state index in [9.17, 15) is 0 Å². The first-order chi connectivity index (χ1) is 6.37. The quantitative estimate of drug-likeness (QED) is 0.548. The van der Waals surface area contributed by atoms with Gasteiger partial charge in [-0.1, -0.05) is 70.1 Å². The third-order valence-corrected chi connectivity index (χ3v) is 2.94. The van der Waals surface area contributed by atoms with E-state index in [1.165, 1.54) is 0 Å². The van der Waals surface area contributed by atoms with E-state index in [4.69, 9.17) is 69.6 Å². The van der Waals surface area contributed by atoms with Gasteiger partial charge in [0.2, 0.25) is 3.79 Å². The number of hydrogen-bond donors (Lipinski definition) is 0. The van der Waals surface area contributed by atoms with Crippen LogP contribution in [-0.2, 0) is 0 Å². The molecule has 0 saturated carbocycles. The molecule has 14 heavy (non-hydrogen) atoms.